The lowest BCUT2D eigenvalue weighted by Gasteiger charge is -2.41. The van der Waals surface area contributed by atoms with Gasteiger partial charge in [-0.3, -0.25) is 9.59 Å². The predicted molar refractivity (Wildman–Crippen MR) is 103 cm³/mol. The first kappa shape index (κ1) is 20.5. The van der Waals surface area contributed by atoms with Crippen LogP contribution in [-0.4, -0.2) is 67.5 Å². The zero-order valence-electron chi connectivity index (χ0n) is 15.3. The Kier molecular flexibility index (Phi) is 7.72. The minimum atomic E-state index is 0. The molecule has 2 aliphatic heterocycles. The molecule has 1 unspecified atom stereocenters. The van der Waals surface area contributed by atoms with Crippen LogP contribution in [0.25, 0.3) is 0 Å². The smallest absolute Gasteiger partial charge is 0.236 e. The molecule has 0 radical (unpaired) electrons. The topological polar surface area (TPSA) is 61.9 Å². The average Bonchev–Trinajstić information content (AvgIpc) is 2.66. The van der Waals surface area contributed by atoms with Crippen LogP contribution in [0.1, 0.15) is 24.8 Å². The van der Waals surface area contributed by atoms with E-state index in [1.807, 2.05) is 34.1 Å². The van der Waals surface area contributed by atoms with Crippen LogP contribution >= 0.6 is 12.4 Å². The molecular formula is C19H28ClN3O3. The third-order valence-corrected chi connectivity index (χ3v) is 5.12. The number of methoxy groups -OCH3 is 1. The molecule has 3 rings (SSSR count). The van der Waals surface area contributed by atoms with Crippen LogP contribution in [0.2, 0.25) is 0 Å². The molecule has 2 fully saturated rings. The molecule has 6 nitrogen and oxygen atoms in total. The number of aryl methyl sites for hydroxylation is 1. The molecule has 2 aliphatic rings. The van der Waals surface area contributed by atoms with Gasteiger partial charge >= 0.3 is 0 Å². The van der Waals surface area contributed by atoms with Crippen LogP contribution in [-0.2, 0) is 16.0 Å². The van der Waals surface area contributed by atoms with Gasteiger partial charge in [-0.05, 0) is 30.9 Å². The fourth-order valence-electron chi connectivity index (χ4n) is 3.75. The lowest BCUT2D eigenvalue weighted by atomic mass is 10.0. The van der Waals surface area contributed by atoms with Gasteiger partial charge in [-0.25, -0.2) is 0 Å². The second-order valence-corrected chi connectivity index (χ2v) is 6.71. The van der Waals surface area contributed by atoms with Crippen molar-refractivity contribution in [3.05, 3.63) is 29.8 Å². The minimum Gasteiger partial charge on any atom is -0.496 e. The number of ether oxygens (including phenoxy) is 1. The van der Waals surface area contributed by atoms with Crippen molar-refractivity contribution < 1.29 is 14.3 Å². The Morgan fingerprint density at radius 1 is 1.31 bits per heavy atom. The van der Waals surface area contributed by atoms with Gasteiger partial charge < -0.3 is 19.9 Å². The maximum absolute atomic E-state index is 12.7. The Balaban J connectivity index is 0.00000243. The molecule has 26 heavy (non-hydrogen) atoms. The van der Waals surface area contributed by atoms with E-state index in [4.69, 9.17) is 4.74 Å². The standard InChI is InChI=1S/C19H27N3O3.ClH/c1-25-17-7-3-2-5-15(17)8-9-18(23)21-11-4-6-16(14-21)22-12-10-20-13-19(22)24;/h2-3,5,7,16,20H,4,6,8-14H2,1H3;1H. The summed E-state index contributed by atoms with van der Waals surface area (Å²) in [6, 6.07) is 8.00. The molecule has 0 aliphatic carbocycles. The number of rotatable bonds is 5. The highest BCUT2D eigenvalue weighted by Gasteiger charge is 2.31. The number of benzene rings is 1. The van der Waals surface area contributed by atoms with Gasteiger partial charge in [0, 0.05) is 38.6 Å². The van der Waals surface area contributed by atoms with E-state index in [-0.39, 0.29) is 30.3 Å². The number of piperidine rings is 1. The number of piperazine rings is 1. The first-order valence-electron chi connectivity index (χ1n) is 9.09. The molecule has 0 bridgehead atoms. The van der Waals surface area contributed by atoms with Crippen LogP contribution in [0.5, 0.6) is 5.75 Å². The Morgan fingerprint density at radius 3 is 2.88 bits per heavy atom. The normalized spacial score (nSPS) is 20.5. The number of hydrogen-bond acceptors (Lipinski definition) is 4. The van der Waals surface area contributed by atoms with Crippen LogP contribution < -0.4 is 10.1 Å². The highest BCUT2D eigenvalue weighted by molar-refractivity contribution is 5.85. The lowest BCUT2D eigenvalue weighted by Crippen LogP contribution is -2.57. The van der Waals surface area contributed by atoms with Crippen molar-refractivity contribution in [2.45, 2.75) is 31.7 Å². The minimum absolute atomic E-state index is 0. The van der Waals surface area contributed by atoms with Crippen LogP contribution in [0.4, 0.5) is 0 Å². The van der Waals surface area contributed by atoms with E-state index in [1.54, 1.807) is 7.11 Å². The number of carbonyl (C=O) groups is 2. The fraction of sp³-hybridized carbons (Fsp3) is 0.579. The van der Waals surface area contributed by atoms with E-state index in [0.717, 1.165) is 43.8 Å². The number of nitrogens with zero attached hydrogens (tertiary/aromatic N) is 2. The molecule has 0 aromatic heterocycles. The summed E-state index contributed by atoms with van der Waals surface area (Å²) in [5, 5.41) is 3.10. The van der Waals surface area contributed by atoms with Crippen molar-refractivity contribution in [1.82, 2.24) is 15.1 Å². The van der Waals surface area contributed by atoms with Gasteiger partial charge in [-0.15, -0.1) is 12.4 Å². The molecule has 1 atom stereocenters. The third-order valence-electron chi connectivity index (χ3n) is 5.12. The molecule has 1 N–H and O–H groups in total. The Morgan fingerprint density at radius 2 is 2.12 bits per heavy atom. The van der Waals surface area contributed by atoms with E-state index in [1.165, 1.54) is 0 Å². The first-order valence-corrected chi connectivity index (χ1v) is 9.09. The predicted octanol–water partition coefficient (Wildman–Crippen LogP) is 1.47. The Labute approximate surface area is 161 Å². The van der Waals surface area contributed by atoms with Gasteiger partial charge in [-0.2, -0.15) is 0 Å². The number of carbonyl (C=O) groups excluding carboxylic acids is 2. The van der Waals surface area contributed by atoms with Crippen molar-refractivity contribution in [2.24, 2.45) is 0 Å². The summed E-state index contributed by atoms with van der Waals surface area (Å²) < 4.78 is 5.36. The summed E-state index contributed by atoms with van der Waals surface area (Å²) in [5.74, 6) is 1.15. The van der Waals surface area contributed by atoms with E-state index >= 15 is 0 Å². The number of amides is 2. The SMILES string of the molecule is COc1ccccc1CCC(=O)N1CCCC(N2CCNCC2=O)C1.Cl. The van der Waals surface area contributed by atoms with Gasteiger partial charge in [0.2, 0.25) is 11.8 Å². The fourth-order valence-corrected chi connectivity index (χ4v) is 3.75. The summed E-state index contributed by atoms with van der Waals surface area (Å²) in [6.45, 7) is 3.45. The van der Waals surface area contributed by atoms with E-state index in [9.17, 15) is 9.59 Å². The molecule has 0 spiro atoms. The summed E-state index contributed by atoms with van der Waals surface area (Å²) in [7, 11) is 1.65. The first-order chi connectivity index (χ1) is 12.2. The second kappa shape index (κ2) is 9.78. The number of hydrogen-bond donors (Lipinski definition) is 1. The third kappa shape index (κ3) is 4.89. The van der Waals surface area contributed by atoms with Gasteiger partial charge in [0.15, 0.2) is 0 Å². The number of halogens is 1. The number of likely N-dealkylation sites (tertiary alicyclic amines) is 1. The highest BCUT2D eigenvalue weighted by Crippen LogP contribution is 2.21. The molecule has 2 heterocycles. The van der Waals surface area contributed by atoms with Gasteiger partial charge in [-0.1, -0.05) is 18.2 Å². The molecule has 7 heteroatoms. The summed E-state index contributed by atoms with van der Waals surface area (Å²) in [5.41, 5.74) is 1.06. The monoisotopic (exact) mass is 381 g/mol. The van der Waals surface area contributed by atoms with Gasteiger partial charge in [0.05, 0.1) is 13.7 Å². The van der Waals surface area contributed by atoms with E-state index in [0.29, 0.717) is 25.9 Å². The second-order valence-electron chi connectivity index (χ2n) is 6.71. The van der Waals surface area contributed by atoms with Gasteiger partial charge in [0.1, 0.15) is 5.75 Å². The Hall–Kier alpha value is -1.79. The van der Waals surface area contributed by atoms with E-state index < -0.39 is 0 Å². The zero-order valence-corrected chi connectivity index (χ0v) is 16.1. The highest BCUT2D eigenvalue weighted by atomic mass is 35.5. The van der Waals surface area contributed by atoms with Crippen molar-refractivity contribution in [3.63, 3.8) is 0 Å². The van der Waals surface area contributed by atoms with Gasteiger partial charge in [0.25, 0.3) is 0 Å². The van der Waals surface area contributed by atoms with Crippen molar-refractivity contribution in [3.8, 4) is 5.75 Å². The molecule has 1 aromatic carbocycles. The van der Waals surface area contributed by atoms with Crippen molar-refractivity contribution >= 4 is 24.2 Å². The molecule has 144 valence electrons. The number of para-hydroxylation sites is 1. The number of nitrogens with one attached hydrogen (secondary N) is 1. The Bertz CT molecular complexity index is 626. The summed E-state index contributed by atoms with van der Waals surface area (Å²) >= 11 is 0. The van der Waals surface area contributed by atoms with Crippen LogP contribution in [0.3, 0.4) is 0 Å². The molecule has 0 saturated carbocycles. The quantitative estimate of drug-likeness (QED) is 0.839. The molecular weight excluding hydrogens is 354 g/mol. The summed E-state index contributed by atoms with van der Waals surface area (Å²) in [6.07, 6.45) is 3.10. The largest absolute Gasteiger partial charge is 0.496 e. The molecule has 2 saturated heterocycles. The molecule has 1 aromatic rings. The zero-order chi connectivity index (χ0) is 17.6. The van der Waals surface area contributed by atoms with Crippen molar-refractivity contribution in [2.75, 3.05) is 39.8 Å². The van der Waals surface area contributed by atoms with Crippen LogP contribution in [0, 0.1) is 0 Å². The molecule has 2 amide bonds. The lowest BCUT2D eigenvalue weighted by molar-refractivity contribution is -0.140. The van der Waals surface area contributed by atoms with E-state index in [2.05, 4.69) is 5.32 Å². The average molecular weight is 382 g/mol. The maximum atomic E-state index is 12.7. The summed E-state index contributed by atoms with van der Waals surface area (Å²) in [4.78, 5) is 28.6. The van der Waals surface area contributed by atoms with Crippen molar-refractivity contribution in [1.29, 1.82) is 0 Å². The maximum Gasteiger partial charge on any atom is 0.236 e. The van der Waals surface area contributed by atoms with Crippen LogP contribution in [0.15, 0.2) is 24.3 Å².